The van der Waals surface area contributed by atoms with E-state index < -0.39 is 17.1 Å². The van der Waals surface area contributed by atoms with Crippen molar-refractivity contribution >= 4 is 17.0 Å². The lowest BCUT2D eigenvalue weighted by molar-refractivity contribution is 0.00207. The largest absolute Gasteiger partial charge is 0.488 e. The van der Waals surface area contributed by atoms with E-state index in [0.717, 1.165) is 11.1 Å². The summed E-state index contributed by atoms with van der Waals surface area (Å²) < 4.78 is 32.2. The summed E-state index contributed by atoms with van der Waals surface area (Å²) in [6.07, 6.45) is 1.93. The van der Waals surface area contributed by atoms with E-state index in [4.69, 9.17) is 14.2 Å². The maximum atomic E-state index is 13.8. The van der Waals surface area contributed by atoms with Gasteiger partial charge in [0.2, 0.25) is 0 Å². The Balaban J connectivity index is 1.74. The Morgan fingerprint density at radius 2 is 1.89 bits per heavy atom. The molecule has 8 nitrogen and oxygen atoms in total. The van der Waals surface area contributed by atoms with Crippen LogP contribution >= 0.6 is 0 Å². The van der Waals surface area contributed by atoms with Crippen LogP contribution in [-0.2, 0) is 24.3 Å². The van der Waals surface area contributed by atoms with Crippen molar-refractivity contribution in [2.45, 2.75) is 39.0 Å². The Labute approximate surface area is 218 Å². The Morgan fingerprint density at radius 1 is 1.16 bits per heavy atom. The summed E-state index contributed by atoms with van der Waals surface area (Å²) in [5, 5.41) is 11.0. The molecule has 38 heavy (non-hydrogen) atoms. The second-order valence-electron chi connectivity index (χ2n) is 9.49. The van der Waals surface area contributed by atoms with E-state index in [1.54, 1.807) is 32.2 Å². The quantitative estimate of drug-likeness (QED) is 0.369. The van der Waals surface area contributed by atoms with Crippen molar-refractivity contribution in [3.05, 3.63) is 99.2 Å². The third-order valence-electron chi connectivity index (χ3n) is 6.29. The van der Waals surface area contributed by atoms with E-state index in [1.165, 1.54) is 16.7 Å². The highest BCUT2D eigenvalue weighted by Crippen LogP contribution is 2.38. The fourth-order valence-corrected chi connectivity index (χ4v) is 4.52. The molecule has 0 spiro atoms. The van der Waals surface area contributed by atoms with Gasteiger partial charge in [0.05, 0.1) is 13.2 Å². The lowest BCUT2D eigenvalue weighted by Crippen LogP contribution is -2.40. The lowest BCUT2D eigenvalue weighted by Gasteiger charge is -2.21. The van der Waals surface area contributed by atoms with Crippen LogP contribution < -0.4 is 15.0 Å². The number of ether oxygens (including phenoxy) is 3. The number of rotatable bonds is 7. The number of aromatic nitrogens is 2. The number of hydrogen-bond acceptors (Lipinski definition) is 7. The van der Waals surface area contributed by atoms with Gasteiger partial charge in [-0.25, -0.2) is 9.18 Å². The number of pyridine rings is 2. The van der Waals surface area contributed by atoms with Crippen molar-refractivity contribution in [2.75, 3.05) is 13.2 Å². The van der Waals surface area contributed by atoms with Crippen LogP contribution in [0.25, 0.3) is 11.0 Å². The molecule has 196 valence electrons. The van der Waals surface area contributed by atoms with Gasteiger partial charge in [-0.1, -0.05) is 42.5 Å². The van der Waals surface area contributed by atoms with Gasteiger partial charge in [0, 0.05) is 18.2 Å². The molecule has 9 heteroatoms. The standard InChI is InChI=1S/C29H27FN2O6/c1-3-36-28(34)22-26(37-15-19-7-5-4-6-8-19)23-24-25(38-17-29(2,35)16-32(24)27(22)33)20(14-31-23)13-18-9-11-21(30)12-10-18/h4-12,14,35H,3,13,15-17H2,1-2H3. The van der Waals surface area contributed by atoms with Gasteiger partial charge in [-0.2, -0.15) is 0 Å². The zero-order chi connectivity index (χ0) is 26.9. The normalized spacial score (nSPS) is 16.5. The number of nitrogens with zero attached hydrogens (tertiary/aromatic N) is 2. The Kier molecular flexibility index (Phi) is 6.86. The Morgan fingerprint density at radius 3 is 2.61 bits per heavy atom. The molecule has 0 bridgehead atoms. The van der Waals surface area contributed by atoms with Crippen LogP contribution in [0, 0.1) is 5.82 Å². The predicted molar refractivity (Wildman–Crippen MR) is 138 cm³/mol. The van der Waals surface area contributed by atoms with E-state index in [1.807, 2.05) is 30.3 Å². The minimum atomic E-state index is -1.42. The zero-order valence-electron chi connectivity index (χ0n) is 21.1. The van der Waals surface area contributed by atoms with Crippen LogP contribution in [0.3, 0.4) is 0 Å². The maximum absolute atomic E-state index is 13.8. The number of aliphatic hydroxyl groups is 1. The molecule has 1 unspecified atom stereocenters. The number of halogens is 1. The molecule has 1 aliphatic rings. The molecule has 1 atom stereocenters. The molecule has 5 rings (SSSR count). The molecule has 3 heterocycles. The molecular weight excluding hydrogens is 491 g/mol. The summed E-state index contributed by atoms with van der Waals surface area (Å²) >= 11 is 0. The van der Waals surface area contributed by atoms with Gasteiger partial charge >= 0.3 is 5.97 Å². The minimum absolute atomic E-state index is 0.0109. The van der Waals surface area contributed by atoms with Gasteiger partial charge in [-0.15, -0.1) is 0 Å². The predicted octanol–water partition coefficient (Wildman–Crippen LogP) is 4.03. The highest BCUT2D eigenvalue weighted by molar-refractivity contribution is 6.00. The first-order chi connectivity index (χ1) is 18.3. The average molecular weight is 519 g/mol. The van der Waals surface area contributed by atoms with Crippen molar-refractivity contribution in [1.82, 2.24) is 9.55 Å². The van der Waals surface area contributed by atoms with Crippen LogP contribution in [0.2, 0.25) is 0 Å². The van der Waals surface area contributed by atoms with Crippen LogP contribution in [0.5, 0.6) is 11.5 Å². The van der Waals surface area contributed by atoms with E-state index in [0.29, 0.717) is 23.3 Å². The van der Waals surface area contributed by atoms with Gasteiger partial charge in [0.15, 0.2) is 17.1 Å². The first-order valence-corrected chi connectivity index (χ1v) is 12.3. The van der Waals surface area contributed by atoms with Crippen molar-refractivity contribution in [3.63, 3.8) is 0 Å². The van der Waals surface area contributed by atoms with E-state index in [-0.39, 0.29) is 49.0 Å². The fraction of sp³-hybridized carbons (Fsp3) is 0.276. The van der Waals surface area contributed by atoms with Gasteiger partial charge in [0.1, 0.15) is 35.7 Å². The van der Waals surface area contributed by atoms with Crippen molar-refractivity contribution < 1.29 is 28.5 Å². The molecule has 0 saturated heterocycles. The van der Waals surface area contributed by atoms with Gasteiger partial charge in [-0.3, -0.25) is 14.3 Å². The smallest absolute Gasteiger partial charge is 0.347 e. The molecule has 1 N–H and O–H groups in total. The van der Waals surface area contributed by atoms with Crippen molar-refractivity contribution in [1.29, 1.82) is 0 Å². The van der Waals surface area contributed by atoms with Crippen LogP contribution in [0.1, 0.15) is 40.9 Å². The molecule has 2 aromatic heterocycles. The summed E-state index contributed by atoms with van der Waals surface area (Å²) in [5.41, 5.74) is 0.429. The topological polar surface area (TPSA) is 99.9 Å². The van der Waals surface area contributed by atoms with Gasteiger partial charge in [-0.05, 0) is 37.1 Å². The fourth-order valence-electron chi connectivity index (χ4n) is 4.52. The highest BCUT2D eigenvalue weighted by atomic mass is 19.1. The van der Waals surface area contributed by atoms with Gasteiger partial charge < -0.3 is 19.3 Å². The van der Waals surface area contributed by atoms with Crippen LogP contribution in [-0.4, -0.2) is 39.4 Å². The number of hydrogen-bond donors (Lipinski definition) is 1. The third kappa shape index (κ3) is 4.97. The minimum Gasteiger partial charge on any atom is -0.488 e. The molecule has 0 radical (unpaired) electrons. The Hall–Kier alpha value is -4.24. The number of benzene rings is 2. The Bertz CT molecular complexity index is 1550. The second-order valence-corrected chi connectivity index (χ2v) is 9.49. The molecule has 0 saturated carbocycles. The van der Waals surface area contributed by atoms with E-state index in [2.05, 4.69) is 4.98 Å². The van der Waals surface area contributed by atoms with Crippen molar-refractivity contribution in [3.8, 4) is 11.5 Å². The van der Waals surface area contributed by atoms with Crippen LogP contribution in [0.4, 0.5) is 4.39 Å². The molecule has 2 aromatic carbocycles. The van der Waals surface area contributed by atoms with Crippen molar-refractivity contribution in [2.24, 2.45) is 0 Å². The highest BCUT2D eigenvalue weighted by Gasteiger charge is 2.35. The van der Waals surface area contributed by atoms with Gasteiger partial charge in [0.25, 0.3) is 5.56 Å². The lowest BCUT2D eigenvalue weighted by atomic mass is 10.0. The first kappa shape index (κ1) is 25.4. The summed E-state index contributed by atoms with van der Waals surface area (Å²) in [6.45, 7) is 3.10. The molecule has 0 fully saturated rings. The summed E-state index contributed by atoms with van der Waals surface area (Å²) in [5.74, 6) is -0.858. The molecule has 4 aromatic rings. The monoisotopic (exact) mass is 518 g/mol. The molecular formula is C29H27FN2O6. The molecule has 0 aliphatic carbocycles. The SMILES string of the molecule is CCOC(=O)c1c(OCc2ccccc2)c2ncc(Cc3ccc(F)cc3)c3c2n(c1=O)CC(C)(O)CO3. The molecule has 0 amide bonds. The average Bonchev–Trinajstić information content (AvgIpc) is 3.04. The van der Waals surface area contributed by atoms with E-state index >= 15 is 0 Å². The third-order valence-corrected chi connectivity index (χ3v) is 6.29. The number of carbonyl (C=O) groups is 1. The first-order valence-electron chi connectivity index (χ1n) is 12.3. The summed E-state index contributed by atoms with van der Waals surface area (Å²) in [4.78, 5) is 31.5. The summed E-state index contributed by atoms with van der Waals surface area (Å²) in [7, 11) is 0. The second kappa shape index (κ2) is 10.3. The zero-order valence-corrected chi connectivity index (χ0v) is 21.1. The van der Waals surface area contributed by atoms with Crippen LogP contribution in [0.15, 0.2) is 65.6 Å². The maximum Gasteiger partial charge on any atom is 0.347 e. The van der Waals surface area contributed by atoms with E-state index in [9.17, 15) is 19.1 Å². The summed E-state index contributed by atoms with van der Waals surface area (Å²) in [6, 6.07) is 15.4. The number of carbonyl (C=O) groups excluding carboxylic acids is 1. The molecule has 1 aliphatic heterocycles. The number of esters is 1.